The van der Waals surface area contributed by atoms with Crippen LogP contribution in [0.15, 0.2) is 0 Å². The summed E-state index contributed by atoms with van der Waals surface area (Å²) in [6, 6.07) is 0. The van der Waals surface area contributed by atoms with Crippen molar-refractivity contribution < 1.29 is 14.6 Å². The fourth-order valence-electron chi connectivity index (χ4n) is 4.10. The maximum absolute atomic E-state index is 12.0. The molecule has 2 N–H and O–H groups in total. The number of esters is 1. The van der Waals surface area contributed by atoms with Gasteiger partial charge in [-0.15, -0.1) is 0 Å². The number of hydrogen-bond donors (Lipinski definition) is 2. The van der Waals surface area contributed by atoms with Gasteiger partial charge in [-0.25, -0.2) is 0 Å². The number of aliphatic hydroxyl groups excluding tert-OH is 1. The minimum absolute atomic E-state index is 0.00253. The molecule has 0 heterocycles. The fraction of sp³-hybridized carbons (Fsp3) is 0.963. The number of carbonyl (C=O) groups excluding carboxylic acids is 1. The van der Waals surface area contributed by atoms with Gasteiger partial charge in [-0.2, -0.15) is 0 Å². The number of carbonyl (C=O) groups is 1. The lowest BCUT2D eigenvalue weighted by atomic mass is 9.92. The molecule has 1 atom stereocenters. The van der Waals surface area contributed by atoms with E-state index in [1.54, 1.807) is 0 Å². The van der Waals surface area contributed by atoms with Gasteiger partial charge in [-0.3, -0.25) is 4.79 Å². The second-order valence-electron chi connectivity index (χ2n) is 9.27. The molecule has 0 aromatic heterocycles. The molecule has 4 heteroatoms. The summed E-state index contributed by atoms with van der Waals surface area (Å²) >= 11 is 0. The van der Waals surface area contributed by atoms with E-state index in [2.05, 4.69) is 19.2 Å². The Morgan fingerprint density at radius 2 is 1.26 bits per heavy atom. The van der Waals surface area contributed by atoms with Gasteiger partial charge in [0.1, 0.15) is 0 Å². The highest BCUT2D eigenvalue weighted by atomic mass is 16.5. The van der Waals surface area contributed by atoms with E-state index >= 15 is 0 Å². The van der Waals surface area contributed by atoms with Gasteiger partial charge < -0.3 is 15.2 Å². The quantitative estimate of drug-likeness (QED) is 0.116. The molecule has 0 aliphatic carbocycles. The fourth-order valence-corrected chi connectivity index (χ4v) is 4.10. The summed E-state index contributed by atoms with van der Waals surface area (Å²) < 4.78 is 5.55. The van der Waals surface area contributed by atoms with Crippen molar-refractivity contribution in [1.82, 2.24) is 5.32 Å². The molecule has 31 heavy (non-hydrogen) atoms. The van der Waals surface area contributed by atoms with Gasteiger partial charge in [-0.05, 0) is 57.5 Å². The Balaban J connectivity index is 3.65. The van der Waals surface area contributed by atoms with Crippen LogP contribution in [0.2, 0.25) is 0 Å². The van der Waals surface area contributed by atoms with E-state index in [-0.39, 0.29) is 5.97 Å². The van der Waals surface area contributed by atoms with E-state index < -0.39 is 0 Å². The first-order valence-corrected chi connectivity index (χ1v) is 13.7. The second kappa shape index (κ2) is 25.6. The smallest absolute Gasteiger partial charge is 0.305 e. The number of rotatable bonds is 25. The lowest BCUT2D eigenvalue weighted by Crippen LogP contribution is -2.16. The normalized spacial score (nSPS) is 12.2. The molecule has 1 unspecified atom stereocenters. The zero-order valence-corrected chi connectivity index (χ0v) is 21.1. The summed E-state index contributed by atoms with van der Waals surface area (Å²) in [7, 11) is 0. The molecule has 0 aromatic rings. The summed E-state index contributed by atoms with van der Waals surface area (Å²) in [5, 5.41) is 12.2. The number of nitrogens with one attached hydrogen (secondary N) is 1. The van der Waals surface area contributed by atoms with Gasteiger partial charge in [0.25, 0.3) is 0 Å². The summed E-state index contributed by atoms with van der Waals surface area (Å²) in [5.41, 5.74) is 0. The van der Waals surface area contributed by atoms with E-state index in [9.17, 15) is 4.79 Å². The number of hydrogen-bond acceptors (Lipinski definition) is 4. The maximum atomic E-state index is 12.0. The Morgan fingerprint density at radius 3 is 1.94 bits per heavy atom. The third-order valence-electron chi connectivity index (χ3n) is 6.22. The molecular weight excluding hydrogens is 386 g/mol. The Morgan fingerprint density at radius 1 is 0.710 bits per heavy atom. The van der Waals surface area contributed by atoms with Gasteiger partial charge in [0, 0.05) is 13.0 Å². The molecule has 0 radical (unpaired) electrons. The van der Waals surface area contributed by atoms with Crippen molar-refractivity contribution in [2.45, 2.75) is 136 Å². The van der Waals surface area contributed by atoms with E-state index in [0.29, 0.717) is 19.6 Å². The zero-order valence-electron chi connectivity index (χ0n) is 21.1. The molecule has 0 spiro atoms. The molecule has 0 rings (SSSR count). The Labute approximate surface area is 194 Å². The summed E-state index contributed by atoms with van der Waals surface area (Å²) in [5.74, 6) is 0.731. The number of aliphatic hydroxyl groups is 1. The van der Waals surface area contributed by atoms with Crippen molar-refractivity contribution in [2.75, 3.05) is 26.3 Å². The third-order valence-corrected chi connectivity index (χ3v) is 6.22. The van der Waals surface area contributed by atoms with Gasteiger partial charge in [0.05, 0.1) is 6.61 Å². The van der Waals surface area contributed by atoms with Crippen molar-refractivity contribution in [3.05, 3.63) is 0 Å². The van der Waals surface area contributed by atoms with Crippen LogP contribution in [-0.2, 0) is 9.53 Å². The molecule has 186 valence electrons. The first-order valence-electron chi connectivity index (χ1n) is 13.7. The lowest BCUT2D eigenvalue weighted by molar-refractivity contribution is -0.144. The first-order chi connectivity index (χ1) is 15.2. The van der Waals surface area contributed by atoms with Gasteiger partial charge in [0.15, 0.2) is 0 Å². The summed E-state index contributed by atoms with van der Waals surface area (Å²) in [4.78, 5) is 12.0. The number of ether oxygens (including phenoxy) is 1. The predicted molar refractivity (Wildman–Crippen MR) is 133 cm³/mol. The largest absolute Gasteiger partial charge is 0.466 e. The van der Waals surface area contributed by atoms with Gasteiger partial charge >= 0.3 is 5.97 Å². The SMILES string of the molecule is CCCCCCCC(CCCCC)CCOC(=O)CCCCCCNCCCCCO. The maximum Gasteiger partial charge on any atom is 0.305 e. The average Bonchev–Trinajstić information content (AvgIpc) is 2.77. The van der Waals surface area contributed by atoms with Crippen molar-refractivity contribution >= 4 is 5.97 Å². The van der Waals surface area contributed by atoms with Crippen LogP contribution >= 0.6 is 0 Å². The minimum Gasteiger partial charge on any atom is -0.466 e. The minimum atomic E-state index is -0.00253. The highest BCUT2D eigenvalue weighted by Crippen LogP contribution is 2.21. The monoisotopic (exact) mass is 441 g/mol. The molecule has 0 aliphatic heterocycles. The second-order valence-corrected chi connectivity index (χ2v) is 9.27. The van der Waals surface area contributed by atoms with Crippen molar-refractivity contribution in [3.63, 3.8) is 0 Å². The van der Waals surface area contributed by atoms with Crippen molar-refractivity contribution in [1.29, 1.82) is 0 Å². The topological polar surface area (TPSA) is 58.6 Å². The van der Waals surface area contributed by atoms with E-state index in [1.165, 1.54) is 77.0 Å². The van der Waals surface area contributed by atoms with E-state index in [0.717, 1.165) is 57.5 Å². The van der Waals surface area contributed by atoms with Crippen LogP contribution in [0.4, 0.5) is 0 Å². The van der Waals surface area contributed by atoms with Crippen LogP contribution in [0.1, 0.15) is 136 Å². The Hall–Kier alpha value is -0.610. The highest BCUT2D eigenvalue weighted by molar-refractivity contribution is 5.69. The van der Waals surface area contributed by atoms with Gasteiger partial charge in [0.2, 0.25) is 0 Å². The molecular formula is C27H55NO3. The van der Waals surface area contributed by atoms with Gasteiger partial charge in [-0.1, -0.05) is 90.9 Å². The number of unbranched alkanes of at least 4 members (excludes halogenated alkanes) is 11. The van der Waals surface area contributed by atoms with Crippen molar-refractivity contribution in [3.8, 4) is 0 Å². The van der Waals surface area contributed by atoms with Crippen LogP contribution < -0.4 is 5.32 Å². The molecule has 0 amide bonds. The van der Waals surface area contributed by atoms with Crippen LogP contribution in [0.25, 0.3) is 0 Å². The summed E-state index contributed by atoms with van der Waals surface area (Å²) in [6.45, 7) is 7.56. The molecule has 4 nitrogen and oxygen atoms in total. The van der Waals surface area contributed by atoms with Crippen LogP contribution in [0, 0.1) is 5.92 Å². The predicted octanol–water partition coefficient (Wildman–Crippen LogP) is 7.18. The Kier molecular flexibility index (Phi) is 25.1. The highest BCUT2D eigenvalue weighted by Gasteiger charge is 2.10. The van der Waals surface area contributed by atoms with E-state index in [4.69, 9.17) is 9.84 Å². The van der Waals surface area contributed by atoms with Crippen LogP contribution in [0.3, 0.4) is 0 Å². The van der Waals surface area contributed by atoms with Crippen molar-refractivity contribution in [2.24, 2.45) is 5.92 Å². The molecule has 0 saturated carbocycles. The van der Waals surface area contributed by atoms with E-state index in [1.807, 2.05) is 0 Å². The lowest BCUT2D eigenvalue weighted by Gasteiger charge is -2.17. The molecule has 0 aliphatic rings. The standard InChI is InChI=1S/C27H55NO3/c1-3-5-7-8-13-19-26(18-12-6-4-2)21-25-31-27(30)20-14-9-10-15-22-28-23-16-11-17-24-29/h26,28-29H,3-25H2,1-2H3. The first kappa shape index (κ1) is 30.4. The third kappa shape index (κ3) is 23.9. The Bertz CT molecular complexity index is 362. The molecule has 0 saturated heterocycles. The summed E-state index contributed by atoms with van der Waals surface area (Å²) in [6.07, 6.45) is 22.4. The van der Waals surface area contributed by atoms with Crippen LogP contribution in [-0.4, -0.2) is 37.4 Å². The van der Waals surface area contributed by atoms with Crippen LogP contribution in [0.5, 0.6) is 0 Å². The zero-order chi connectivity index (χ0) is 22.8. The average molecular weight is 442 g/mol. The molecule has 0 bridgehead atoms. The molecule has 0 aromatic carbocycles. The molecule has 0 fully saturated rings.